The number of rotatable bonds is 5. The number of esters is 1. The average Bonchev–Trinajstić information content (AvgIpc) is 2.54. The van der Waals surface area contributed by atoms with E-state index in [4.69, 9.17) is 4.74 Å². The maximum Gasteiger partial charge on any atom is 0.339 e. The molecule has 2 aromatic carbocycles. The van der Waals surface area contributed by atoms with Gasteiger partial charge in [-0.25, -0.2) is 13.2 Å². The summed E-state index contributed by atoms with van der Waals surface area (Å²) in [5.74, 6) is -0.692. The number of sulfone groups is 1. The quantitative estimate of drug-likeness (QED) is 0.795. The van der Waals surface area contributed by atoms with Crippen LogP contribution in [0.4, 0.5) is 0 Å². The van der Waals surface area contributed by atoms with Crippen LogP contribution in [0.1, 0.15) is 28.4 Å². The van der Waals surface area contributed by atoms with E-state index >= 15 is 0 Å². The van der Waals surface area contributed by atoms with Crippen molar-refractivity contribution in [3.05, 3.63) is 65.2 Å². The van der Waals surface area contributed by atoms with Gasteiger partial charge < -0.3 is 4.74 Å². The van der Waals surface area contributed by atoms with Crippen LogP contribution in [0.2, 0.25) is 0 Å². The summed E-state index contributed by atoms with van der Waals surface area (Å²) >= 11 is 0. The standard InChI is InChI=1S/C17H18O4S/c1-3-22(19,20)16-7-5-4-6-15(16)17(18)21-12-14-10-8-13(2)9-11-14/h4-11H,3,12H2,1-2H3. The zero-order valence-corrected chi connectivity index (χ0v) is 13.4. The third-order valence-electron chi connectivity index (χ3n) is 3.31. The van der Waals surface area contributed by atoms with Crippen LogP contribution >= 0.6 is 0 Å². The van der Waals surface area contributed by atoms with Crippen molar-refractivity contribution in [2.75, 3.05) is 5.75 Å². The van der Waals surface area contributed by atoms with Crippen LogP contribution in [0.15, 0.2) is 53.4 Å². The number of benzene rings is 2. The molecule has 0 bridgehead atoms. The molecule has 4 nitrogen and oxygen atoms in total. The Morgan fingerprint density at radius 3 is 2.32 bits per heavy atom. The van der Waals surface area contributed by atoms with Gasteiger partial charge in [0.05, 0.1) is 16.2 Å². The van der Waals surface area contributed by atoms with Gasteiger partial charge in [0.15, 0.2) is 9.84 Å². The second-order valence-electron chi connectivity index (χ2n) is 4.96. The first-order valence-electron chi connectivity index (χ1n) is 6.98. The van der Waals surface area contributed by atoms with Gasteiger partial charge in [0.1, 0.15) is 6.61 Å². The Balaban J connectivity index is 2.18. The Hall–Kier alpha value is -2.14. The van der Waals surface area contributed by atoms with E-state index in [1.165, 1.54) is 12.1 Å². The van der Waals surface area contributed by atoms with E-state index in [0.29, 0.717) is 0 Å². The number of hydrogen-bond acceptors (Lipinski definition) is 4. The molecule has 0 amide bonds. The van der Waals surface area contributed by atoms with Crippen molar-refractivity contribution < 1.29 is 17.9 Å². The lowest BCUT2D eigenvalue weighted by Gasteiger charge is -2.09. The number of aryl methyl sites for hydroxylation is 1. The highest BCUT2D eigenvalue weighted by Crippen LogP contribution is 2.18. The van der Waals surface area contributed by atoms with Gasteiger partial charge in [0.2, 0.25) is 0 Å². The molecule has 0 heterocycles. The molecule has 2 aromatic rings. The van der Waals surface area contributed by atoms with E-state index in [-0.39, 0.29) is 22.8 Å². The fraction of sp³-hybridized carbons (Fsp3) is 0.235. The molecule has 0 spiro atoms. The van der Waals surface area contributed by atoms with Gasteiger partial charge >= 0.3 is 5.97 Å². The van der Waals surface area contributed by atoms with Crippen molar-refractivity contribution in [3.8, 4) is 0 Å². The fourth-order valence-electron chi connectivity index (χ4n) is 1.97. The zero-order chi connectivity index (χ0) is 16.2. The molecule has 0 aromatic heterocycles. The molecule has 116 valence electrons. The summed E-state index contributed by atoms with van der Waals surface area (Å²) < 4.78 is 29.3. The maximum absolute atomic E-state index is 12.2. The number of hydrogen-bond donors (Lipinski definition) is 0. The van der Waals surface area contributed by atoms with E-state index < -0.39 is 15.8 Å². The molecule has 0 saturated heterocycles. The molecule has 22 heavy (non-hydrogen) atoms. The SMILES string of the molecule is CCS(=O)(=O)c1ccccc1C(=O)OCc1ccc(C)cc1. The fourth-order valence-corrected chi connectivity index (χ4v) is 3.06. The second-order valence-corrected chi connectivity index (χ2v) is 7.21. The smallest absolute Gasteiger partial charge is 0.339 e. The van der Waals surface area contributed by atoms with Crippen LogP contribution < -0.4 is 0 Å². The highest BCUT2D eigenvalue weighted by atomic mass is 32.2. The van der Waals surface area contributed by atoms with Gasteiger partial charge in [-0.1, -0.05) is 48.9 Å². The molecular formula is C17H18O4S. The lowest BCUT2D eigenvalue weighted by molar-refractivity contribution is 0.0468. The van der Waals surface area contributed by atoms with Crippen LogP contribution in [-0.4, -0.2) is 20.1 Å². The van der Waals surface area contributed by atoms with Crippen LogP contribution in [0.25, 0.3) is 0 Å². The highest BCUT2D eigenvalue weighted by Gasteiger charge is 2.21. The Kier molecular flexibility index (Phi) is 4.98. The molecule has 2 rings (SSSR count). The van der Waals surface area contributed by atoms with Crippen molar-refractivity contribution in [2.45, 2.75) is 25.3 Å². The third-order valence-corrected chi connectivity index (χ3v) is 5.10. The first-order valence-corrected chi connectivity index (χ1v) is 8.63. The van der Waals surface area contributed by atoms with Crippen LogP contribution in [-0.2, 0) is 21.2 Å². The monoisotopic (exact) mass is 318 g/mol. The number of carbonyl (C=O) groups excluding carboxylic acids is 1. The molecule has 0 fully saturated rings. The molecule has 0 atom stereocenters. The summed E-state index contributed by atoms with van der Waals surface area (Å²) in [6.07, 6.45) is 0. The largest absolute Gasteiger partial charge is 0.457 e. The topological polar surface area (TPSA) is 60.4 Å². The minimum atomic E-state index is -3.46. The molecule has 5 heteroatoms. The molecule has 0 N–H and O–H groups in total. The van der Waals surface area contributed by atoms with E-state index in [2.05, 4.69) is 0 Å². The molecule has 0 aliphatic rings. The maximum atomic E-state index is 12.2. The minimum absolute atomic E-state index is 0.0198. The Morgan fingerprint density at radius 2 is 1.68 bits per heavy atom. The van der Waals surface area contributed by atoms with E-state index in [0.717, 1.165) is 11.1 Å². The summed E-state index contributed by atoms with van der Waals surface area (Å²) in [5, 5.41) is 0. The van der Waals surface area contributed by atoms with Gasteiger partial charge in [-0.2, -0.15) is 0 Å². The lowest BCUT2D eigenvalue weighted by atomic mass is 10.2. The summed E-state index contributed by atoms with van der Waals surface area (Å²) in [6, 6.07) is 13.7. The van der Waals surface area contributed by atoms with Crippen LogP contribution in [0, 0.1) is 6.92 Å². The van der Waals surface area contributed by atoms with Gasteiger partial charge in [-0.3, -0.25) is 0 Å². The minimum Gasteiger partial charge on any atom is -0.457 e. The van der Waals surface area contributed by atoms with E-state index in [1.54, 1.807) is 19.1 Å². The van der Waals surface area contributed by atoms with Gasteiger partial charge in [-0.05, 0) is 24.6 Å². The first-order chi connectivity index (χ1) is 10.4. The van der Waals surface area contributed by atoms with E-state index in [9.17, 15) is 13.2 Å². The summed E-state index contributed by atoms with van der Waals surface area (Å²) in [5.41, 5.74) is 2.06. The zero-order valence-electron chi connectivity index (χ0n) is 12.6. The molecule has 0 saturated carbocycles. The van der Waals surface area contributed by atoms with Crippen molar-refractivity contribution in [1.82, 2.24) is 0 Å². The van der Waals surface area contributed by atoms with Crippen LogP contribution in [0.5, 0.6) is 0 Å². The normalized spacial score (nSPS) is 11.2. The molecule has 0 radical (unpaired) electrons. The highest BCUT2D eigenvalue weighted by molar-refractivity contribution is 7.91. The van der Waals surface area contributed by atoms with Crippen molar-refractivity contribution in [1.29, 1.82) is 0 Å². The third kappa shape index (κ3) is 3.74. The van der Waals surface area contributed by atoms with Crippen molar-refractivity contribution in [2.24, 2.45) is 0 Å². The first kappa shape index (κ1) is 16.2. The van der Waals surface area contributed by atoms with E-state index in [1.807, 2.05) is 31.2 Å². The molecular weight excluding hydrogens is 300 g/mol. The van der Waals surface area contributed by atoms with Gasteiger partial charge in [-0.15, -0.1) is 0 Å². The molecule has 0 aliphatic carbocycles. The molecule has 0 aliphatic heterocycles. The van der Waals surface area contributed by atoms with Crippen molar-refractivity contribution in [3.63, 3.8) is 0 Å². The van der Waals surface area contributed by atoms with Crippen molar-refractivity contribution >= 4 is 15.8 Å². The second kappa shape index (κ2) is 6.75. The number of carbonyl (C=O) groups is 1. The number of ether oxygens (including phenoxy) is 1. The Morgan fingerprint density at radius 1 is 1.05 bits per heavy atom. The van der Waals surface area contributed by atoms with Gasteiger partial charge in [0, 0.05) is 0 Å². The average molecular weight is 318 g/mol. The summed E-state index contributed by atoms with van der Waals surface area (Å²) in [4.78, 5) is 12.2. The Labute approximate surface area is 130 Å². The Bertz CT molecular complexity index is 762. The summed E-state index contributed by atoms with van der Waals surface area (Å²) in [6.45, 7) is 3.63. The predicted molar refractivity (Wildman–Crippen MR) is 84.5 cm³/mol. The van der Waals surface area contributed by atoms with Crippen LogP contribution in [0.3, 0.4) is 0 Å². The van der Waals surface area contributed by atoms with Gasteiger partial charge in [0.25, 0.3) is 0 Å². The predicted octanol–water partition coefficient (Wildman–Crippen LogP) is 3.15. The lowest BCUT2D eigenvalue weighted by Crippen LogP contribution is -2.13. The molecule has 0 unspecified atom stereocenters. The summed E-state index contributed by atoms with van der Waals surface area (Å²) in [7, 11) is -3.46.